The van der Waals surface area contributed by atoms with Crippen LogP contribution in [-0.2, 0) is 10.1 Å². The van der Waals surface area contributed by atoms with Crippen LogP contribution in [0.4, 0.5) is 5.69 Å². The Morgan fingerprint density at radius 2 is 2.08 bits per heavy atom. The van der Waals surface area contributed by atoms with Gasteiger partial charge in [-0.15, -0.1) is 0 Å². The average Bonchev–Trinajstić information content (AvgIpc) is 2.03. The molecule has 4 nitrogen and oxygen atoms in total. The number of nitrogens with one attached hydrogen (secondary N) is 1. The maximum absolute atomic E-state index is 10.7. The molecule has 0 bridgehead atoms. The van der Waals surface area contributed by atoms with E-state index in [1.165, 1.54) is 18.2 Å². The molecular formula is C7H8ClNO3S. The molecule has 0 aliphatic carbocycles. The van der Waals surface area contributed by atoms with Crippen LogP contribution in [-0.4, -0.2) is 20.0 Å². The van der Waals surface area contributed by atoms with E-state index in [0.717, 1.165) is 0 Å². The molecule has 0 amide bonds. The molecule has 1 aromatic carbocycles. The van der Waals surface area contributed by atoms with Crippen molar-refractivity contribution in [1.29, 1.82) is 0 Å². The molecule has 0 unspecified atom stereocenters. The van der Waals surface area contributed by atoms with E-state index in [4.69, 9.17) is 16.2 Å². The van der Waals surface area contributed by atoms with Gasteiger partial charge in [-0.05, 0) is 18.2 Å². The highest BCUT2D eigenvalue weighted by molar-refractivity contribution is 7.85. The minimum atomic E-state index is -4.15. The van der Waals surface area contributed by atoms with Crippen molar-refractivity contribution in [3.05, 3.63) is 23.2 Å². The third-order valence-electron chi connectivity index (χ3n) is 1.51. The van der Waals surface area contributed by atoms with Crippen LogP contribution in [0.3, 0.4) is 0 Å². The fraction of sp³-hybridized carbons (Fsp3) is 0.143. The molecule has 0 atom stereocenters. The van der Waals surface area contributed by atoms with E-state index in [1.807, 2.05) is 0 Å². The third kappa shape index (κ3) is 2.33. The first kappa shape index (κ1) is 10.3. The lowest BCUT2D eigenvalue weighted by Gasteiger charge is -2.04. The Balaban J connectivity index is 3.30. The average molecular weight is 222 g/mol. The molecule has 1 aromatic rings. The third-order valence-corrected chi connectivity index (χ3v) is 2.68. The van der Waals surface area contributed by atoms with Crippen molar-refractivity contribution < 1.29 is 13.0 Å². The second kappa shape index (κ2) is 3.53. The summed E-state index contributed by atoms with van der Waals surface area (Å²) >= 11 is 5.71. The molecule has 1 rings (SSSR count). The van der Waals surface area contributed by atoms with Crippen molar-refractivity contribution in [3.8, 4) is 0 Å². The monoisotopic (exact) mass is 221 g/mol. The number of halogens is 1. The topological polar surface area (TPSA) is 66.4 Å². The summed E-state index contributed by atoms with van der Waals surface area (Å²) in [6, 6.07) is 3.90. The van der Waals surface area contributed by atoms with E-state index in [-0.39, 0.29) is 4.90 Å². The van der Waals surface area contributed by atoms with Gasteiger partial charge < -0.3 is 5.32 Å². The van der Waals surface area contributed by atoms with Gasteiger partial charge in [0, 0.05) is 7.05 Å². The summed E-state index contributed by atoms with van der Waals surface area (Å²) in [5.41, 5.74) is 0.455. The standard InChI is InChI=1S/C7H8ClNO3S/c1-9-7-4-5(13(10,11)12)2-3-6(7)8/h2-4,9H,1H3,(H,10,11,12). The van der Waals surface area contributed by atoms with E-state index in [2.05, 4.69) is 5.32 Å². The molecule has 2 N–H and O–H groups in total. The quantitative estimate of drug-likeness (QED) is 0.745. The van der Waals surface area contributed by atoms with Crippen LogP contribution in [0.2, 0.25) is 5.02 Å². The Kier molecular flexibility index (Phi) is 2.80. The first-order chi connectivity index (χ1) is 5.95. The Morgan fingerprint density at radius 1 is 1.46 bits per heavy atom. The Bertz CT molecular complexity index is 416. The summed E-state index contributed by atoms with van der Waals surface area (Å²) in [4.78, 5) is -0.179. The number of rotatable bonds is 2. The van der Waals surface area contributed by atoms with Gasteiger partial charge in [-0.25, -0.2) is 0 Å². The summed E-state index contributed by atoms with van der Waals surface area (Å²) in [5, 5.41) is 3.10. The zero-order valence-electron chi connectivity index (χ0n) is 6.78. The van der Waals surface area contributed by atoms with Crippen LogP contribution < -0.4 is 5.32 Å². The maximum atomic E-state index is 10.7. The van der Waals surface area contributed by atoms with E-state index in [0.29, 0.717) is 10.7 Å². The summed E-state index contributed by atoms with van der Waals surface area (Å²) in [7, 11) is -2.54. The highest BCUT2D eigenvalue weighted by atomic mass is 35.5. The van der Waals surface area contributed by atoms with Gasteiger partial charge in [-0.1, -0.05) is 11.6 Å². The van der Waals surface area contributed by atoms with Crippen molar-refractivity contribution in [1.82, 2.24) is 0 Å². The molecule has 0 spiro atoms. The Morgan fingerprint density at radius 3 is 2.54 bits per heavy atom. The van der Waals surface area contributed by atoms with Gasteiger partial charge in [0.05, 0.1) is 15.6 Å². The number of hydrogen-bond donors (Lipinski definition) is 2. The fourth-order valence-corrected chi connectivity index (χ4v) is 1.58. The predicted octanol–water partition coefficient (Wildman–Crippen LogP) is 1.63. The van der Waals surface area contributed by atoms with Gasteiger partial charge in [0.1, 0.15) is 0 Å². The second-order valence-electron chi connectivity index (χ2n) is 2.37. The summed E-state index contributed by atoms with van der Waals surface area (Å²) in [6.45, 7) is 0. The first-order valence-electron chi connectivity index (χ1n) is 3.40. The van der Waals surface area contributed by atoms with Gasteiger partial charge in [-0.2, -0.15) is 8.42 Å². The Labute approximate surface area is 81.3 Å². The van der Waals surface area contributed by atoms with Crippen molar-refractivity contribution >= 4 is 27.4 Å². The number of hydrogen-bond acceptors (Lipinski definition) is 3. The van der Waals surface area contributed by atoms with Gasteiger partial charge in [0.25, 0.3) is 10.1 Å². The van der Waals surface area contributed by atoms with Crippen molar-refractivity contribution in [2.75, 3.05) is 12.4 Å². The number of benzene rings is 1. The van der Waals surface area contributed by atoms with E-state index >= 15 is 0 Å². The van der Waals surface area contributed by atoms with Crippen LogP contribution in [0.1, 0.15) is 0 Å². The normalized spacial score (nSPS) is 11.3. The highest BCUT2D eigenvalue weighted by Crippen LogP contribution is 2.24. The lowest BCUT2D eigenvalue weighted by molar-refractivity contribution is 0.483. The highest BCUT2D eigenvalue weighted by Gasteiger charge is 2.10. The van der Waals surface area contributed by atoms with E-state index in [1.54, 1.807) is 7.05 Å². The van der Waals surface area contributed by atoms with Crippen LogP contribution in [0.15, 0.2) is 23.1 Å². The van der Waals surface area contributed by atoms with Gasteiger partial charge in [0.15, 0.2) is 0 Å². The minimum Gasteiger partial charge on any atom is -0.387 e. The van der Waals surface area contributed by atoms with Crippen LogP contribution in [0.5, 0.6) is 0 Å². The molecule has 0 saturated carbocycles. The zero-order chi connectivity index (χ0) is 10.1. The van der Waals surface area contributed by atoms with Crippen LogP contribution in [0.25, 0.3) is 0 Å². The largest absolute Gasteiger partial charge is 0.387 e. The second-order valence-corrected chi connectivity index (χ2v) is 4.20. The molecule has 0 aliphatic rings. The molecule has 72 valence electrons. The number of anilines is 1. The maximum Gasteiger partial charge on any atom is 0.294 e. The molecule has 0 saturated heterocycles. The van der Waals surface area contributed by atoms with Crippen molar-refractivity contribution in [3.63, 3.8) is 0 Å². The van der Waals surface area contributed by atoms with Crippen molar-refractivity contribution in [2.45, 2.75) is 4.90 Å². The smallest absolute Gasteiger partial charge is 0.294 e. The molecule has 0 radical (unpaired) electrons. The van der Waals surface area contributed by atoms with Crippen LogP contribution in [0, 0.1) is 0 Å². The minimum absolute atomic E-state index is 0.179. The molecule has 13 heavy (non-hydrogen) atoms. The molecule has 0 fully saturated rings. The van der Waals surface area contributed by atoms with Gasteiger partial charge in [-0.3, -0.25) is 4.55 Å². The molecule has 0 heterocycles. The van der Waals surface area contributed by atoms with Crippen molar-refractivity contribution in [2.24, 2.45) is 0 Å². The lowest BCUT2D eigenvalue weighted by atomic mass is 10.3. The summed E-state index contributed by atoms with van der Waals surface area (Å²) < 4.78 is 30.1. The summed E-state index contributed by atoms with van der Waals surface area (Å²) in [6.07, 6.45) is 0. The SMILES string of the molecule is CNc1cc(S(=O)(=O)O)ccc1Cl. The zero-order valence-corrected chi connectivity index (χ0v) is 8.35. The lowest BCUT2D eigenvalue weighted by Crippen LogP contribution is -1.99. The molecule has 6 heteroatoms. The Hall–Kier alpha value is -0.780. The predicted molar refractivity (Wildman–Crippen MR) is 50.8 cm³/mol. The first-order valence-corrected chi connectivity index (χ1v) is 5.22. The fourth-order valence-electron chi connectivity index (χ4n) is 0.856. The molecule has 0 aromatic heterocycles. The van der Waals surface area contributed by atoms with E-state index in [9.17, 15) is 8.42 Å². The molecule has 0 aliphatic heterocycles. The summed E-state index contributed by atoms with van der Waals surface area (Å²) in [5.74, 6) is 0. The van der Waals surface area contributed by atoms with E-state index < -0.39 is 10.1 Å². The molecular weight excluding hydrogens is 214 g/mol. The van der Waals surface area contributed by atoms with Gasteiger partial charge in [0.2, 0.25) is 0 Å². The van der Waals surface area contributed by atoms with Crippen LogP contribution >= 0.6 is 11.6 Å². The van der Waals surface area contributed by atoms with Gasteiger partial charge >= 0.3 is 0 Å².